The predicted octanol–water partition coefficient (Wildman–Crippen LogP) is 3.27. The van der Waals surface area contributed by atoms with E-state index < -0.39 is 0 Å². The van der Waals surface area contributed by atoms with Gasteiger partial charge in [-0.05, 0) is 29.7 Å². The van der Waals surface area contributed by atoms with E-state index in [-0.39, 0.29) is 0 Å². The fourth-order valence-corrected chi connectivity index (χ4v) is 3.69. The molecule has 0 radical (unpaired) electrons. The lowest BCUT2D eigenvalue weighted by Crippen LogP contribution is -2.40. The molecule has 1 aromatic rings. The second-order valence-electron chi connectivity index (χ2n) is 6.86. The molecule has 0 aliphatic heterocycles. The highest BCUT2D eigenvalue weighted by atomic mass is 15.2. The zero-order chi connectivity index (χ0) is 13.9. The number of hydrogen-bond acceptors (Lipinski definition) is 2. The highest BCUT2D eigenvalue weighted by Gasteiger charge is 2.39. The normalized spacial score (nSPS) is 25.9. The lowest BCUT2D eigenvalue weighted by atomic mass is 9.91. The number of nitrogens with zero attached hydrogens (tertiary/aromatic N) is 1. The molecule has 19 heavy (non-hydrogen) atoms. The summed E-state index contributed by atoms with van der Waals surface area (Å²) >= 11 is 0. The van der Waals surface area contributed by atoms with E-state index in [0.29, 0.717) is 11.5 Å². The lowest BCUT2D eigenvalue weighted by Gasteiger charge is -2.32. The average Bonchev–Trinajstić information content (AvgIpc) is 2.63. The molecular weight excluding hydrogens is 232 g/mol. The van der Waals surface area contributed by atoms with Crippen molar-refractivity contribution in [3.8, 4) is 0 Å². The van der Waals surface area contributed by atoms with Gasteiger partial charge in [0.15, 0.2) is 0 Å². The number of nitrogens with two attached hydrogens (primary N) is 1. The molecule has 106 valence electrons. The zero-order valence-electron chi connectivity index (χ0n) is 12.6. The number of benzene rings is 1. The third-order valence-corrected chi connectivity index (χ3v) is 4.41. The van der Waals surface area contributed by atoms with Crippen molar-refractivity contribution in [2.45, 2.75) is 46.2 Å². The zero-order valence-corrected chi connectivity index (χ0v) is 12.6. The van der Waals surface area contributed by atoms with Gasteiger partial charge in [0.2, 0.25) is 0 Å². The summed E-state index contributed by atoms with van der Waals surface area (Å²) in [6, 6.07) is 11.4. The largest absolute Gasteiger partial charge is 0.329 e. The monoisotopic (exact) mass is 260 g/mol. The maximum atomic E-state index is 5.82. The Kier molecular flexibility index (Phi) is 4.64. The minimum atomic E-state index is 0.480. The number of rotatable bonds is 5. The van der Waals surface area contributed by atoms with Crippen molar-refractivity contribution < 1.29 is 0 Å². The van der Waals surface area contributed by atoms with Crippen LogP contribution in [0.3, 0.4) is 0 Å². The van der Waals surface area contributed by atoms with E-state index in [2.05, 4.69) is 56.0 Å². The Morgan fingerprint density at radius 2 is 1.89 bits per heavy atom. The van der Waals surface area contributed by atoms with Crippen LogP contribution >= 0.6 is 0 Å². The topological polar surface area (TPSA) is 29.3 Å². The van der Waals surface area contributed by atoms with E-state index in [9.17, 15) is 0 Å². The quantitative estimate of drug-likeness (QED) is 0.880. The number of hydrogen-bond donors (Lipinski definition) is 1. The standard InChI is InChI=1S/C17H28N2/c1-14-11-17(2,3)12-16(14)19(10-9-18)13-15-7-5-4-6-8-15/h4-8,14,16H,9-13,18H2,1-3H3. The summed E-state index contributed by atoms with van der Waals surface area (Å²) in [5.41, 5.74) is 7.70. The minimum absolute atomic E-state index is 0.480. The third-order valence-electron chi connectivity index (χ3n) is 4.41. The maximum absolute atomic E-state index is 5.82. The molecule has 0 bridgehead atoms. The Morgan fingerprint density at radius 3 is 2.42 bits per heavy atom. The Morgan fingerprint density at radius 1 is 1.21 bits per heavy atom. The molecule has 2 nitrogen and oxygen atoms in total. The van der Waals surface area contributed by atoms with E-state index in [1.54, 1.807) is 0 Å². The summed E-state index contributed by atoms with van der Waals surface area (Å²) in [7, 11) is 0. The first-order valence-corrected chi connectivity index (χ1v) is 7.50. The molecule has 2 rings (SSSR count). The highest BCUT2D eigenvalue weighted by molar-refractivity contribution is 5.15. The Hall–Kier alpha value is -0.860. The first kappa shape index (κ1) is 14.5. The van der Waals surface area contributed by atoms with Crippen LogP contribution in [0.4, 0.5) is 0 Å². The SMILES string of the molecule is CC1CC(C)(C)CC1N(CCN)Cc1ccccc1. The summed E-state index contributed by atoms with van der Waals surface area (Å²) in [6.07, 6.45) is 2.62. The van der Waals surface area contributed by atoms with Crippen LogP contribution in [0, 0.1) is 11.3 Å². The molecule has 2 heteroatoms. The van der Waals surface area contributed by atoms with Gasteiger partial charge in [0.25, 0.3) is 0 Å². The van der Waals surface area contributed by atoms with Gasteiger partial charge in [0.05, 0.1) is 0 Å². The van der Waals surface area contributed by atoms with Gasteiger partial charge >= 0.3 is 0 Å². The van der Waals surface area contributed by atoms with Crippen LogP contribution < -0.4 is 5.73 Å². The third kappa shape index (κ3) is 3.80. The first-order valence-electron chi connectivity index (χ1n) is 7.50. The Balaban J connectivity index is 2.08. The van der Waals surface area contributed by atoms with Crippen molar-refractivity contribution in [3.63, 3.8) is 0 Å². The first-order chi connectivity index (χ1) is 9.02. The van der Waals surface area contributed by atoms with Crippen LogP contribution in [0.1, 0.15) is 39.2 Å². The van der Waals surface area contributed by atoms with Crippen LogP contribution in [0.25, 0.3) is 0 Å². The van der Waals surface area contributed by atoms with Gasteiger partial charge < -0.3 is 5.73 Å². The van der Waals surface area contributed by atoms with E-state index in [1.807, 2.05) is 0 Å². The van der Waals surface area contributed by atoms with Crippen LogP contribution in [-0.2, 0) is 6.54 Å². The van der Waals surface area contributed by atoms with Crippen molar-refractivity contribution in [2.24, 2.45) is 17.1 Å². The smallest absolute Gasteiger partial charge is 0.0237 e. The van der Waals surface area contributed by atoms with Gasteiger partial charge in [-0.2, -0.15) is 0 Å². The van der Waals surface area contributed by atoms with E-state index in [1.165, 1.54) is 18.4 Å². The van der Waals surface area contributed by atoms with E-state index >= 15 is 0 Å². The van der Waals surface area contributed by atoms with Crippen LogP contribution in [0.5, 0.6) is 0 Å². The van der Waals surface area contributed by atoms with Crippen molar-refractivity contribution in [2.75, 3.05) is 13.1 Å². The summed E-state index contributed by atoms with van der Waals surface area (Å²) < 4.78 is 0. The average molecular weight is 260 g/mol. The molecule has 0 saturated heterocycles. The fourth-order valence-electron chi connectivity index (χ4n) is 3.69. The second kappa shape index (κ2) is 6.06. The lowest BCUT2D eigenvalue weighted by molar-refractivity contribution is 0.157. The van der Waals surface area contributed by atoms with Crippen LogP contribution in [0.2, 0.25) is 0 Å². The highest BCUT2D eigenvalue weighted by Crippen LogP contribution is 2.43. The predicted molar refractivity (Wildman–Crippen MR) is 81.9 cm³/mol. The molecule has 0 aromatic heterocycles. The molecule has 2 unspecified atom stereocenters. The van der Waals surface area contributed by atoms with Gasteiger partial charge in [-0.15, -0.1) is 0 Å². The molecule has 1 fully saturated rings. The minimum Gasteiger partial charge on any atom is -0.329 e. The van der Waals surface area contributed by atoms with Crippen molar-refractivity contribution in [1.82, 2.24) is 4.90 Å². The molecule has 0 spiro atoms. The summed E-state index contributed by atoms with van der Waals surface area (Å²) in [4.78, 5) is 2.59. The Bertz CT molecular complexity index is 386. The molecule has 1 saturated carbocycles. The van der Waals surface area contributed by atoms with Crippen LogP contribution in [0.15, 0.2) is 30.3 Å². The molecule has 1 aliphatic rings. The van der Waals surface area contributed by atoms with Crippen molar-refractivity contribution in [1.29, 1.82) is 0 Å². The van der Waals surface area contributed by atoms with Crippen molar-refractivity contribution in [3.05, 3.63) is 35.9 Å². The van der Waals surface area contributed by atoms with Gasteiger partial charge in [0.1, 0.15) is 0 Å². The van der Waals surface area contributed by atoms with E-state index in [4.69, 9.17) is 5.73 Å². The molecule has 1 aromatic carbocycles. The van der Waals surface area contributed by atoms with E-state index in [0.717, 1.165) is 25.6 Å². The molecular formula is C17H28N2. The molecule has 2 N–H and O–H groups in total. The Labute approximate surface area is 118 Å². The molecule has 2 atom stereocenters. The molecule has 1 aliphatic carbocycles. The summed E-state index contributed by atoms with van der Waals surface area (Å²) in [5, 5.41) is 0. The fraction of sp³-hybridized carbons (Fsp3) is 0.647. The van der Waals surface area contributed by atoms with Gasteiger partial charge in [-0.3, -0.25) is 4.90 Å². The molecule has 0 heterocycles. The molecule has 0 amide bonds. The van der Waals surface area contributed by atoms with Gasteiger partial charge in [-0.1, -0.05) is 51.1 Å². The van der Waals surface area contributed by atoms with Crippen molar-refractivity contribution >= 4 is 0 Å². The van der Waals surface area contributed by atoms with Gasteiger partial charge in [-0.25, -0.2) is 0 Å². The maximum Gasteiger partial charge on any atom is 0.0237 e. The summed E-state index contributed by atoms with van der Waals surface area (Å²) in [5.74, 6) is 0.769. The van der Waals surface area contributed by atoms with Gasteiger partial charge in [0, 0.05) is 25.7 Å². The second-order valence-corrected chi connectivity index (χ2v) is 6.86. The summed E-state index contributed by atoms with van der Waals surface area (Å²) in [6.45, 7) is 9.97. The van der Waals surface area contributed by atoms with Crippen LogP contribution in [-0.4, -0.2) is 24.0 Å².